The topological polar surface area (TPSA) is 38.0 Å². The van der Waals surface area contributed by atoms with Crippen molar-refractivity contribution in [3.05, 3.63) is 30.3 Å². The summed E-state index contributed by atoms with van der Waals surface area (Å²) >= 11 is 4.64. The maximum Gasteiger partial charge on any atom is 0.168 e. The molecule has 4 heteroatoms. The molecule has 0 atom stereocenters. The second-order valence-electron chi connectivity index (χ2n) is 1.86. The van der Waals surface area contributed by atoms with Gasteiger partial charge in [0.1, 0.15) is 0 Å². The molecule has 0 saturated heterocycles. The monoisotopic (exact) mass is 175 g/mol. The average molecular weight is 175 g/mol. The van der Waals surface area contributed by atoms with Crippen molar-refractivity contribution in [1.82, 2.24) is 0 Å². The van der Waals surface area contributed by atoms with E-state index in [0.717, 1.165) is 5.69 Å². The van der Waals surface area contributed by atoms with Crippen molar-refractivity contribution >= 4 is 52.6 Å². The first-order chi connectivity index (χ1) is 4.79. The van der Waals surface area contributed by atoms with Gasteiger partial charge in [0.2, 0.25) is 0 Å². The van der Waals surface area contributed by atoms with E-state index in [4.69, 9.17) is 5.73 Å². The third kappa shape index (κ3) is 4.37. The minimum absolute atomic E-state index is 0. The smallest absolute Gasteiger partial charge is 0.168 e. The minimum atomic E-state index is 0. The Morgan fingerprint density at radius 1 is 1.27 bits per heavy atom. The molecule has 0 aliphatic heterocycles. The zero-order chi connectivity index (χ0) is 7.40. The predicted octanol–water partition coefficient (Wildman–Crippen LogP) is 0.961. The Hall–Kier alpha value is -0.0900. The first-order valence-electron chi connectivity index (χ1n) is 2.90. The summed E-state index contributed by atoms with van der Waals surface area (Å²) in [6, 6.07) is 9.57. The fourth-order valence-corrected chi connectivity index (χ4v) is 0.782. The largest absolute Gasteiger partial charge is 0.376 e. The summed E-state index contributed by atoms with van der Waals surface area (Å²) in [5.41, 5.74) is 6.17. The van der Waals surface area contributed by atoms with Gasteiger partial charge in [0, 0.05) is 35.2 Å². The Morgan fingerprint density at radius 3 is 2.27 bits per heavy atom. The molecular weight excluding hydrogens is 167 g/mol. The number of benzene rings is 1. The molecular formula is C7H8N2NaS. The van der Waals surface area contributed by atoms with Gasteiger partial charge >= 0.3 is 0 Å². The molecule has 0 unspecified atom stereocenters. The van der Waals surface area contributed by atoms with Crippen molar-refractivity contribution in [2.45, 2.75) is 0 Å². The number of rotatable bonds is 1. The van der Waals surface area contributed by atoms with Gasteiger partial charge in [-0.15, -0.1) is 0 Å². The first-order valence-corrected chi connectivity index (χ1v) is 3.31. The van der Waals surface area contributed by atoms with Crippen molar-refractivity contribution in [3.8, 4) is 0 Å². The average Bonchev–Trinajstić information content (AvgIpc) is 1.88. The molecule has 0 amide bonds. The van der Waals surface area contributed by atoms with E-state index >= 15 is 0 Å². The SMILES string of the molecule is NC(=S)Nc1ccccc1.[Na]. The maximum atomic E-state index is 5.24. The Morgan fingerprint density at radius 2 is 1.82 bits per heavy atom. The van der Waals surface area contributed by atoms with Crippen LogP contribution in [0.2, 0.25) is 0 Å². The van der Waals surface area contributed by atoms with E-state index < -0.39 is 0 Å². The minimum Gasteiger partial charge on any atom is -0.376 e. The molecule has 0 bridgehead atoms. The molecule has 0 aliphatic carbocycles. The number of hydrogen-bond acceptors (Lipinski definition) is 1. The Balaban J connectivity index is 0.000001000. The molecule has 1 aromatic carbocycles. The molecule has 11 heavy (non-hydrogen) atoms. The standard InChI is InChI=1S/C7H8N2S.Na/c8-7(10)9-6-4-2-1-3-5-6;/h1-5H,(H3,8,9,10);. The number of nitrogens with one attached hydrogen (secondary N) is 1. The van der Waals surface area contributed by atoms with Crippen LogP contribution < -0.4 is 11.1 Å². The molecule has 0 heterocycles. The molecule has 0 fully saturated rings. The molecule has 0 spiro atoms. The maximum absolute atomic E-state index is 5.24. The third-order valence-electron chi connectivity index (χ3n) is 1.04. The first kappa shape index (κ1) is 10.9. The van der Waals surface area contributed by atoms with Crippen LogP contribution in [0, 0.1) is 0 Å². The number of para-hydroxylation sites is 1. The fraction of sp³-hybridized carbons (Fsp3) is 0. The van der Waals surface area contributed by atoms with Gasteiger partial charge in [-0.25, -0.2) is 0 Å². The van der Waals surface area contributed by atoms with Crippen LogP contribution in [0.5, 0.6) is 0 Å². The van der Waals surface area contributed by atoms with Crippen molar-refractivity contribution < 1.29 is 0 Å². The van der Waals surface area contributed by atoms with Crippen LogP contribution in [0.3, 0.4) is 0 Å². The Kier molecular flexibility index (Phi) is 5.50. The number of nitrogens with two attached hydrogens (primary N) is 1. The Bertz CT molecular complexity index is 225. The second kappa shape index (κ2) is 5.55. The summed E-state index contributed by atoms with van der Waals surface area (Å²) in [4.78, 5) is 0. The van der Waals surface area contributed by atoms with Crippen LogP contribution in [0.15, 0.2) is 30.3 Å². The fourth-order valence-electron chi connectivity index (χ4n) is 0.664. The summed E-state index contributed by atoms with van der Waals surface area (Å²) in [7, 11) is 0. The Labute approximate surface area is 93.5 Å². The predicted molar refractivity (Wildman–Crippen MR) is 52.6 cm³/mol. The molecule has 53 valence electrons. The van der Waals surface area contributed by atoms with Gasteiger partial charge in [0.15, 0.2) is 5.11 Å². The van der Waals surface area contributed by atoms with E-state index in [0.29, 0.717) is 5.11 Å². The summed E-state index contributed by atoms with van der Waals surface area (Å²) < 4.78 is 0. The second-order valence-corrected chi connectivity index (χ2v) is 2.30. The molecule has 3 N–H and O–H groups in total. The normalized spacial score (nSPS) is 8.00. The number of thiocarbonyl (C=S) groups is 1. The number of hydrogen-bond donors (Lipinski definition) is 2. The van der Waals surface area contributed by atoms with E-state index in [9.17, 15) is 0 Å². The molecule has 0 saturated carbocycles. The van der Waals surface area contributed by atoms with Crippen LogP contribution in [-0.2, 0) is 0 Å². The summed E-state index contributed by atoms with van der Waals surface area (Å²) in [5, 5.41) is 3.11. The quantitative estimate of drug-likeness (QED) is 0.493. The summed E-state index contributed by atoms with van der Waals surface area (Å²) in [5.74, 6) is 0. The van der Waals surface area contributed by atoms with Gasteiger partial charge in [-0.2, -0.15) is 0 Å². The van der Waals surface area contributed by atoms with E-state index in [1.807, 2.05) is 30.3 Å². The van der Waals surface area contributed by atoms with Crippen molar-refractivity contribution in [2.75, 3.05) is 5.32 Å². The summed E-state index contributed by atoms with van der Waals surface area (Å²) in [6.45, 7) is 0. The van der Waals surface area contributed by atoms with Crippen LogP contribution in [0.25, 0.3) is 0 Å². The number of anilines is 1. The summed E-state index contributed by atoms with van der Waals surface area (Å²) in [6.07, 6.45) is 0. The zero-order valence-corrected chi connectivity index (χ0v) is 9.19. The van der Waals surface area contributed by atoms with Crippen molar-refractivity contribution in [2.24, 2.45) is 5.73 Å². The third-order valence-corrected chi connectivity index (χ3v) is 1.14. The van der Waals surface area contributed by atoms with E-state index in [1.54, 1.807) is 0 Å². The van der Waals surface area contributed by atoms with Gasteiger partial charge in [0.25, 0.3) is 0 Å². The van der Waals surface area contributed by atoms with Crippen molar-refractivity contribution in [3.63, 3.8) is 0 Å². The van der Waals surface area contributed by atoms with Crippen molar-refractivity contribution in [1.29, 1.82) is 0 Å². The van der Waals surface area contributed by atoms with Crippen LogP contribution in [0.1, 0.15) is 0 Å². The van der Waals surface area contributed by atoms with E-state index in [-0.39, 0.29) is 29.6 Å². The van der Waals surface area contributed by atoms with E-state index in [2.05, 4.69) is 17.5 Å². The van der Waals surface area contributed by atoms with Crippen LogP contribution in [-0.4, -0.2) is 34.7 Å². The molecule has 2 nitrogen and oxygen atoms in total. The van der Waals surface area contributed by atoms with E-state index in [1.165, 1.54) is 0 Å². The molecule has 1 rings (SSSR count). The molecule has 1 aromatic rings. The zero-order valence-electron chi connectivity index (χ0n) is 6.37. The molecule has 1 radical (unpaired) electrons. The molecule has 0 aliphatic rings. The van der Waals surface area contributed by atoms with Gasteiger partial charge in [-0.1, -0.05) is 18.2 Å². The van der Waals surface area contributed by atoms with Gasteiger partial charge in [-0.3, -0.25) is 0 Å². The molecule has 0 aromatic heterocycles. The van der Waals surface area contributed by atoms with Gasteiger partial charge in [0.05, 0.1) is 0 Å². The van der Waals surface area contributed by atoms with Gasteiger partial charge < -0.3 is 11.1 Å². The van der Waals surface area contributed by atoms with Gasteiger partial charge in [-0.05, 0) is 24.4 Å². The van der Waals surface area contributed by atoms with Crippen LogP contribution >= 0.6 is 12.2 Å². The van der Waals surface area contributed by atoms with Crippen LogP contribution in [0.4, 0.5) is 5.69 Å².